The Morgan fingerprint density at radius 1 is 1.24 bits per heavy atom. The summed E-state index contributed by atoms with van der Waals surface area (Å²) in [6, 6.07) is 10.1. The smallest absolute Gasteiger partial charge is 0.103 e. The fourth-order valence-electron chi connectivity index (χ4n) is 3.02. The predicted molar refractivity (Wildman–Crippen MR) is 70.0 cm³/mol. The van der Waals surface area contributed by atoms with Crippen LogP contribution in [0.15, 0.2) is 30.3 Å². The number of rotatable bonds is 1. The van der Waals surface area contributed by atoms with E-state index in [0.717, 1.165) is 18.5 Å². The number of piperidine rings is 1. The zero-order valence-corrected chi connectivity index (χ0v) is 11.3. The molecule has 1 aliphatic heterocycles. The van der Waals surface area contributed by atoms with Crippen LogP contribution >= 0.6 is 0 Å². The van der Waals surface area contributed by atoms with Gasteiger partial charge in [-0.05, 0) is 19.4 Å². The first kappa shape index (κ1) is 12.6. The molecule has 1 aromatic carbocycles. The third-order valence-electron chi connectivity index (χ3n) is 4.57. The van der Waals surface area contributed by atoms with E-state index in [4.69, 9.17) is 0 Å². The van der Waals surface area contributed by atoms with Crippen molar-refractivity contribution in [3.63, 3.8) is 0 Å². The Labute approximate surface area is 104 Å². The van der Waals surface area contributed by atoms with Gasteiger partial charge in [-0.3, -0.25) is 0 Å². The second kappa shape index (κ2) is 4.11. The van der Waals surface area contributed by atoms with Crippen molar-refractivity contribution in [3.05, 3.63) is 35.9 Å². The molecule has 1 fully saturated rings. The van der Waals surface area contributed by atoms with Crippen LogP contribution in [0.3, 0.4) is 0 Å². The molecule has 0 bridgehead atoms. The molecule has 2 rings (SSSR count). The first-order valence-electron chi connectivity index (χ1n) is 6.47. The van der Waals surface area contributed by atoms with E-state index in [-0.39, 0.29) is 11.5 Å². The highest BCUT2D eigenvalue weighted by Crippen LogP contribution is 2.38. The van der Waals surface area contributed by atoms with Crippen molar-refractivity contribution >= 4 is 0 Å². The Morgan fingerprint density at radius 2 is 1.82 bits per heavy atom. The summed E-state index contributed by atoms with van der Waals surface area (Å²) in [4.78, 5) is 1.51. The lowest BCUT2D eigenvalue weighted by Gasteiger charge is -2.48. The van der Waals surface area contributed by atoms with Gasteiger partial charge in [-0.2, -0.15) is 0 Å². The van der Waals surface area contributed by atoms with Crippen LogP contribution in [0.4, 0.5) is 0 Å². The summed E-state index contributed by atoms with van der Waals surface area (Å²) in [5.74, 6) is 0.290. The third-order valence-corrected chi connectivity index (χ3v) is 4.57. The fourth-order valence-corrected chi connectivity index (χ4v) is 3.02. The lowest BCUT2D eigenvalue weighted by molar-refractivity contribution is -0.942. The summed E-state index contributed by atoms with van der Waals surface area (Å²) in [6.45, 7) is 7.65. The minimum absolute atomic E-state index is 0.122. The molecule has 2 N–H and O–H groups in total. The van der Waals surface area contributed by atoms with Gasteiger partial charge in [0.1, 0.15) is 5.60 Å². The maximum absolute atomic E-state index is 11.1. The summed E-state index contributed by atoms with van der Waals surface area (Å²) in [5.41, 5.74) is 0.509. The highest BCUT2D eigenvalue weighted by molar-refractivity contribution is 5.24. The topological polar surface area (TPSA) is 24.7 Å². The Balaban J connectivity index is 2.37. The van der Waals surface area contributed by atoms with Crippen molar-refractivity contribution in [2.75, 3.05) is 13.6 Å². The molecule has 0 radical (unpaired) electrons. The van der Waals surface area contributed by atoms with E-state index in [1.54, 1.807) is 0 Å². The van der Waals surface area contributed by atoms with Crippen molar-refractivity contribution in [1.29, 1.82) is 0 Å². The van der Waals surface area contributed by atoms with Crippen LogP contribution in [-0.4, -0.2) is 24.2 Å². The van der Waals surface area contributed by atoms with E-state index in [2.05, 4.69) is 27.8 Å². The van der Waals surface area contributed by atoms with Crippen LogP contribution in [0.1, 0.15) is 32.8 Å². The number of quaternary nitrogens is 1. The van der Waals surface area contributed by atoms with Crippen LogP contribution in [0, 0.1) is 5.92 Å². The molecule has 1 saturated heterocycles. The van der Waals surface area contributed by atoms with Gasteiger partial charge in [0.25, 0.3) is 0 Å². The van der Waals surface area contributed by atoms with Gasteiger partial charge < -0.3 is 10.0 Å². The van der Waals surface area contributed by atoms with Gasteiger partial charge >= 0.3 is 0 Å². The molecule has 1 aliphatic rings. The van der Waals surface area contributed by atoms with Gasteiger partial charge in [0, 0.05) is 12.3 Å². The standard InChI is InChI=1S/C15H23NO/c1-12-10-16(4)14(2,3)11-15(12,17)13-8-6-5-7-9-13/h5-9,12,17H,10-11H2,1-4H3/p+1/t12-,15-/m1/s1. The monoisotopic (exact) mass is 234 g/mol. The predicted octanol–water partition coefficient (Wildman–Crippen LogP) is 1.21. The fraction of sp³-hybridized carbons (Fsp3) is 0.600. The second-order valence-corrected chi connectivity index (χ2v) is 6.24. The maximum Gasteiger partial charge on any atom is 0.103 e. The van der Waals surface area contributed by atoms with E-state index in [9.17, 15) is 5.11 Å². The second-order valence-electron chi connectivity index (χ2n) is 6.24. The Morgan fingerprint density at radius 3 is 2.41 bits per heavy atom. The lowest BCUT2D eigenvalue weighted by atomic mass is 9.70. The van der Waals surface area contributed by atoms with Gasteiger partial charge in [0.2, 0.25) is 0 Å². The molecule has 1 heterocycles. The molecule has 94 valence electrons. The molecule has 1 aromatic rings. The molecule has 0 aromatic heterocycles. The molecule has 2 heteroatoms. The number of hydrogen-bond acceptors (Lipinski definition) is 1. The minimum atomic E-state index is -0.676. The van der Waals surface area contributed by atoms with Gasteiger partial charge in [-0.15, -0.1) is 0 Å². The van der Waals surface area contributed by atoms with Crippen molar-refractivity contribution in [3.8, 4) is 0 Å². The average Bonchev–Trinajstić information content (AvgIpc) is 2.27. The summed E-state index contributed by atoms with van der Waals surface area (Å²) < 4.78 is 0. The van der Waals surface area contributed by atoms with E-state index in [1.807, 2.05) is 30.3 Å². The van der Waals surface area contributed by atoms with E-state index in [0.29, 0.717) is 0 Å². The number of likely N-dealkylation sites (tertiary alicyclic amines) is 1. The van der Waals surface area contributed by atoms with Crippen LogP contribution < -0.4 is 4.90 Å². The Bertz CT molecular complexity index is 387. The molecule has 17 heavy (non-hydrogen) atoms. The Kier molecular flexibility index (Phi) is 3.04. The summed E-state index contributed by atoms with van der Waals surface area (Å²) in [6.07, 6.45) is 0.816. The van der Waals surface area contributed by atoms with E-state index >= 15 is 0 Å². The average molecular weight is 234 g/mol. The highest BCUT2D eigenvalue weighted by atomic mass is 16.3. The molecule has 0 saturated carbocycles. The Hall–Kier alpha value is -0.860. The zero-order chi connectivity index (χ0) is 12.7. The quantitative estimate of drug-likeness (QED) is 0.750. The van der Waals surface area contributed by atoms with Crippen LogP contribution in [0.2, 0.25) is 0 Å². The molecular formula is C15H24NO+. The van der Waals surface area contributed by atoms with Crippen molar-refractivity contribution in [2.24, 2.45) is 5.92 Å². The molecule has 1 unspecified atom stereocenters. The zero-order valence-electron chi connectivity index (χ0n) is 11.3. The normalized spacial score (nSPS) is 36.8. The van der Waals surface area contributed by atoms with Crippen molar-refractivity contribution in [2.45, 2.75) is 38.3 Å². The summed E-state index contributed by atoms with van der Waals surface area (Å²) in [5, 5.41) is 11.1. The lowest BCUT2D eigenvalue weighted by Crippen LogP contribution is -3.19. The number of hydrogen-bond donors (Lipinski definition) is 2. The summed E-state index contributed by atoms with van der Waals surface area (Å²) >= 11 is 0. The molecular weight excluding hydrogens is 210 g/mol. The third kappa shape index (κ3) is 2.12. The number of nitrogens with one attached hydrogen (secondary N) is 1. The van der Waals surface area contributed by atoms with Crippen LogP contribution in [-0.2, 0) is 5.60 Å². The molecule has 0 amide bonds. The molecule has 2 nitrogen and oxygen atoms in total. The summed E-state index contributed by atoms with van der Waals surface area (Å²) in [7, 11) is 2.22. The van der Waals surface area contributed by atoms with Gasteiger partial charge in [-0.1, -0.05) is 37.3 Å². The van der Waals surface area contributed by atoms with E-state index < -0.39 is 5.60 Å². The van der Waals surface area contributed by atoms with Gasteiger partial charge in [0.05, 0.1) is 19.1 Å². The van der Waals surface area contributed by atoms with Gasteiger partial charge in [-0.25, -0.2) is 0 Å². The molecule has 0 aliphatic carbocycles. The van der Waals surface area contributed by atoms with Crippen molar-refractivity contribution in [1.82, 2.24) is 0 Å². The molecule has 0 spiro atoms. The van der Waals surface area contributed by atoms with Crippen LogP contribution in [0.25, 0.3) is 0 Å². The SMILES string of the molecule is C[C@@H]1C[NH+](C)C(C)(C)C[C@]1(O)c1ccccc1. The van der Waals surface area contributed by atoms with E-state index in [1.165, 1.54) is 4.90 Å². The first-order chi connectivity index (χ1) is 7.86. The van der Waals surface area contributed by atoms with Crippen LogP contribution in [0.5, 0.6) is 0 Å². The van der Waals surface area contributed by atoms with Crippen molar-refractivity contribution < 1.29 is 10.0 Å². The number of benzene rings is 1. The maximum atomic E-state index is 11.1. The number of aliphatic hydroxyl groups is 1. The largest absolute Gasteiger partial charge is 0.384 e. The van der Waals surface area contributed by atoms with Gasteiger partial charge in [0.15, 0.2) is 0 Å². The molecule has 3 atom stereocenters. The minimum Gasteiger partial charge on any atom is -0.384 e. The first-order valence-corrected chi connectivity index (χ1v) is 6.47. The highest BCUT2D eigenvalue weighted by Gasteiger charge is 2.49.